The van der Waals surface area contributed by atoms with Gasteiger partial charge in [0.25, 0.3) is 0 Å². The van der Waals surface area contributed by atoms with Crippen molar-refractivity contribution in [2.45, 2.75) is 4.90 Å². The van der Waals surface area contributed by atoms with Gasteiger partial charge in [0.2, 0.25) is 15.9 Å². The highest BCUT2D eigenvalue weighted by molar-refractivity contribution is 7.89. The van der Waals surface area contributed by atoms with Crippen LogP contribution < -0.4 is 4.90 Å². The predicted molar refractivity (Wildman–Crippen MR) is 101 cm³/mol. The van der Waals surface area contributed by atoms with Gasteiger partial charge in [0.1, 0.15) is 10.7 Å². The van der Waals surface area contributed by atoms with Gasteiger partial charge in [-0.3, -0.25) is 9.69 Å². The summed E-state index contributed by atoms with van der Waals surface area (Å²) in [5.41, 5.74) is 0.809. The standard InChI is InChI=1S/C19H22FN3O3S/c1-21(16-7-3-2-4-8-16)19(24)15-22-11-13-23(14-12-22)27(25,26)18-10-6-5-9-17(18)20/h2-10H,11-15H2,1H3. The van der Waals surface area contributed by atoms with Crippen molar-refractivity contribution >= 4 is 21.6 Å². The lowest BCUT2D eigenvalue weighted by atomic mass is 10.3. The van der Waals surface area contributed by atoms with Gasteiger partial charge in [-0.15, -0.1) is 0 Å². The minimum Gasteiger partial charge on any atom is -0.314 e. The number of likely N-dealkylation sites (N-methyl/N-ethyl adjacent to an activating group) is 1. The van der Waals surface area contributed by atoms with Crippen LogP contribution in [0.1, 0.15) is 0 Å². The molecule has 8 heteroatoms. The molecule has 0 unspecified atom stereocenters. The fourth-order valence-electron chi connectivity index (χ4n) is 3.01. The first-order chi connectivity index (χ1) is 12.9. The van der Waals surface area contributed by atoms with Crippen LogP contribution in [0, 0.1) is 5.82 Å². The molecule has 1 heterocycles. The summed E-state index contributed by atoms with van der Waals surface area (Å²) in [5, 5.41) is 0. The summed E-state index contributed by atoms with van der Waals surface area (Å²) < 4.78 is 40.4. The molecule has 6 nitrogen and oxygen atoms in total. The van der Waals surface area contributed by atoms with Crippen LogP contribution in [0.5, 0.6) is 0 Å². The van der Waals surface area contributed by atoms with Crippen molar-refractivity contribution in [3.63, 3.8) is 0 Å². The molecule has 0 spiro atoms. The minimum atomic E-state index is -3.87. The summed E-state index contributed by atoms with van der Waals surface area (Å²) in [6.07, 6.45) is 0. The second-order valence-electron chi connectivity index (χ2n) is 6.40. The van der Waals surface area contributed by atoms with E-state index in [1.807, 2.05) is 35.2 Å². The molecule has 0 aliphatic carbocycles. The van der Waals surface area contributed by atoms with Gasteiger partial charge >= 0.3 is 0 Å². The van der Waals surface area contributed by atoms with Gasteiger partial charge in [-0.1, -0.05) is 30.3 Å². The Morgan fingerprint density at radius 3 is 2.22 bits per heavy atom. The number of hydrogen-bond donors (Lipinski definition) is 0. The second-order valence-corrected chi connectivity index (χ2v) is 8.31. The largest absolute Gasteiger partial charge is 0.314 e. The highest BCUT2D eigenvalue weighted by Gasteiger charge is 2.31. The SMILES string of the molecule is CN(C(=O)CN1CCN(S(=O)(=O)c2ccccc2F)CC1)c1ccccc1. The van der Waals surface area contributed by atoms with E-state index in [1.54, 1.807) is 11.9 Å². The molecule has 0 atom stereocenters. The van der Waals surface area contributed by atoms with Gasteiger partial charge in [-0.25, -0.2) is 12.8 Å². The van der Waals surface area contributed by atoms with Crippen LogP contribution in [0.15, 0.2) is 59.5 Å². The maximum Gasteiger partial charge on any atom is 0.246 e. The van der Waals surface area contributed by atoms with Crippen LogP contribution in [0.3, 0.4) is 0 Å². The van der Waals surface area contributed by atoms with Crippen molar-refractivity contribution in [3.8, 4) is 0 Å². The maximum absolute atomic E-state index is 13.9. The lowest BCUT2D eigenvalue weighted by molar-refractivity contribution is -0.119. The van der Waals surface area contributed by atoms with Crippen molar-refractivity contribution in [2.75, 3.05) is 44.7 Å². The molecule has 0 aromatic heterocycles. The number of amides is 1. The third-order valence-electron chi connectivity index (χ3n) is 4.66. The number of halogens is 1. The van der Waals surface area contributed by atoms with E-state index in [0.717, 1.165) is 11.8 Å². The number of nitrogens with zero attached hydrogens (tertiary/aromatic N) is 3. The van der Waals surface area contributed by atoms with Crippen LogP contribution in [0.2, 0.25) is 0 Å². The molecule has 0 N–H and O–H groups in total. The second kappa shape index (κ2) is 8.16. The highest BCUT2D eigenvalue weighted by Crippen LogP contribution is 2.20. The summed E-state index contributed by atoms with van der Waals surface area (Å²) in [6, 6.07) is 14.7. The molecule has 2 aromatic rings. The molecule has 0 radical (unpaired) electrons. The summed E-state index contributed by atoms with van der Waals surface area (Å²) >= 11 is 0. The highest BCUT2D eigenvalue weighted by atomic mass is 32.2. The molecule has 1 aliphatic heterocycles. The lowest BCUT2D eigenvalue weighted by Crippen LogP contribution is -2.51. The average molecular weight is 391 g/mol. The van der Waals surface area contributed by atoms with E-state index < -0.39 is 15.8 Å². The van der Waals surface area contributed by atoms with Crippen LogP contribution in [0.4, 0.5) is 10.1 Å². The van der Waals surface area contributed by atoms with Crippen molar-refractivity contribution in [1.29, 1.82) is 0 Å². The number of carbonyl (C=O) groups excluding carboxylic acids is 1. The first-order valence-corrected chi connectivity index (χ1v) is 10.1. The molecule has 2 aromatic carbocycles. The lowest BCUT2D eigenvalue weighted by Gasteiger charge is -2.34. The van der Waals surface area contributed by atoms with Gasteiger partial charge in [0, 0.05) is 38.9 Å². The normalized spacial score (nSPS) is 16.2. The van der Waals surface area contributed by atoms with E-state index in [4.69, 9.17) is 0 Å². The molecule has 3 rings (SSSR count). The van der Waals surface area contributed by atoms with Crippen LogP contribution >= 0.6 is 0 Å². The molecule has 0 saturated carbocycles. The van der Waals surface area contributed by atoms with Crippen LogP contribution in [0.25, 0.3) is 0 Å². The molecule has 27 heavy (non-hydrogen) atoms. The quantitative estimate of drug-likeness (QED) is 0.780. The molecule has 1 saturated heterocycles. The molecule has 0 bridgehead atoms. The summed E-state index contributed by atoms with van der Waals surface area (Å²) in [6.45, 7) is 1.49. The Morgan fingerprint density at radius 1 is 1.00 bits per heavy atom. The van der Waals surface area contributed by atoms with E-state index in [2.05, 4.69) is 0 Å². The van der Waals surface area contributed by atoms with Crippen LogP contribution in [-0.4, -0.2) is 63.3 Å². The zero-order valence-corrected chi connectivity index (χ0v) is 15.9. The van der Waals surface area contributed by atoms with E-state index >= 15 is 0 Å². The first-order valence-electron chi connectivity index (χ1n) is 8.68. The van der Waals surface area contributed by atoms with Crippen LogP contribution in [-0.2, 0) is 14.8 Å². The zero-order valence-electron chi connectivity index (χ0n) is 15.1. The summed E-state index contributed by atoms with van der Waals surface area (Å²) in [5.74, 6) is -0.814. The smallest absolute Gasteiger partial charge is 0.246 e. The Hall–Kier alpha value is -2.29. The third kappa shape index (κ3) is 4.35. The Kier molecular flexibility index (Phi) is 5.88. The van der Waals surface area contributed by atoms with Gasteiger partial charge in [-0.2, -0.15) is 4.31 Å². The molecule has 144 valence electrons. The predicted octanol–water partition coefficient (Wildman–Crippen LogP) is 1.79. The summed E-state index contributed by atoms with van der Waals surface area (Å²) in [4.78, 5) is 15.6. The number of benzene rings is 2. The number of piperazine rings is 1. The molecule has 1 amide bonds. The van der Waals surface area contributed by atoms with Crippen molar-refractivity contribution < 1.29 is 17.6 Å². The Balaban J connectivity index is 1.59. The molecular weight excluding hydrogens is 369 g/mol. The number of para-hydroxylation sites is 1. The average Bonchev–Trinajstić information content (AvgIpc) is 2.68. The fourth-order valence-corrected chi connectivity index (χ4v) is 4.50. The molecule has 1 fully saturated rings. The fraction of sp³-hybridized carbons (Fsp3) is 0.316. The zero-order chi connectivity index (χ0) is 19.4. The first kappa shape index (κ1) is 19.5. The Labute approximate surface area is 158 Å². The number of anilines is 1. The van der Waals surface area contributed by atoms with E-state index in [9.17, 15) is 17.6 Å². The number of rotatable bonds is 5. The Bertz CT molecular complexity index is 897. The van der Waals surface area contributed by atoms with E-state index in [0.29, 0.717) is 13.1 Å². The van der Waals surface area contributed by atoms with Gasteiger partial charge < -0.3 is 4.90 Å². The van der Waals surface area contributed by atoms with Gasteiger partial charge in [0.05, 0.1) is 6.54 Å². The Morgan fingerprint density at radius 2 is 1.59 bits per heavy atom. The van der Waals surface area contributed by atoms with Gasteiger partial charge in [0.15, 0.2) is 0 Å². The van der Waals surface area contributed by atoms with E-state index in [1.165, 1.54) is 22.5 Å². The van der Waals surface area contributed by atoms with Crippen molar-refractivity contribution in [1.82, 2.24) is 9.21 Å². The topological polar surface area (TPSA) is 60.9 Å². The minimum absolute atomic E-state index is 0.0633. The van der Waals surface area contributed by atoms with Gasteiger partial charge in [-0.05, 0) is 24.3 Å². The summed E-state index contributed by atoms with van der Waals surface area (Å²) in [7, 11) is -2.15. The number of hydrogen-bond acceptors (Lipinski definition) is 4. The monoisotopic (exact) mass is 391 g/mol. The maximum atomic E-state index is 13.9. The molecule has 1 aliphatic rings. The number of carbonyl (C=O) groups is 1. The van der Waals surface area contributed by atoms with E-state index in [-0.39, 0.29) is 30.4 Å². The third-order valence-corrected chi connectivity index (χ3v) is 6.59. The molecular formula is C19H22FN3O3S. The number of sulfonamides is 1. The van der Waals surface area contributed by atoms with Crippen molar-refractivity contribution in [2.24, 2.45) is 0 Å². The van der Waals surface area contributed by atoms with Crippen molar-refractivity contribution in [3.05, 3.63) is 60.4 Å².